The highest BCUT2D eigenvalue weighted by Crippen LogP contribution is 2.16. The van der Waals surface area contributed by atoms with Gasteiger partial charge in [-0.05, 0) is 12.1 Å². The van der Waals surface area contributed by atoms with Gasteiger partial charge in [-0.25, -0.2) is 4.68 Å². The fourth-order valence-electron chi connectivity index (χ4n) is 1.73. The summed E-state index contributed by atoms with van der Waals surface area (Å²) in [5, 5.41) is 6.65. The first-order valence-electron chi connectivity index (χ1n) is 6.36. The molecule has 7 nitrogen and oxygen atoms in total. The molecular formula is C14H16N4O3. The predicted molar refractivity (Wildman–Crippen MR) is 79.2 cm³/mol. The number of benzene rings is 1. The van der Waals surface area contributed by atoms with Crippen LogP contribution in [0, 0.1) is 0 Å². The van der Waals surface area contributed by atoms with Crippen molar-refractivity contribution in [1.82, 2.24) is 9.78 Å². The van der Waals surface area contributed by atoms with E-state index in [4.69, 9.17) is 10.5 Å². The molecule has 0 fully saturated rings. The largest absolute Gasteiger partial charge is 0.480 e. The number of ether oxygens (including phenoxy) is 1. The average Bonchev–Trinajstić information content (AvgIpc) is 2.49. The number of rotatable bonds is 5. The molecule has 2 aromatic rings. The Morgan fingerprint density at radius 3 is 2.81 bits per heavy atom. The second kappa shape index (κ2) is 6.56. The number of hydrogen-bond acceptors (Lipinski definition) is 5. The number of carbonyl (C=O) groups excluding carboxylic acids is 1. The number of amides is 1. The third kappa shape index (κ3) is 3.82. The smallest absolute Gasteiger partial charge is 0.266 e. The van der Waals surface area contributed by atoms with Crippen LogP contribution in [0.1, 0.15) is 6.42 Å². The van der Waals surface area contributed by atoms with E-state index < -0.39 is 0 Å². The summed E-state index contributed by atoms with van der Waals surface area (Å²) in [5.41, 5.74) is 6.49. The van der Waals surface area contributed by atoms with E-state index in [1.807, 2.05) is 0 Å². The molecule has 0 unspecified atom stereocenters. The molecule has 0 saturated carbocycles. The van der Waals surface area contributed by atoms with Crippen molar-refractivity contribution < 1.29 is 9.53 Å². The van der Waals surface area contributed by atoms with Crippen LogP contribution in [0.15, 0.2) is 41.2 Å². The molecule has 7 heteroatoms. The Labute approximate surface area is 121 Å². The molecule has 2 rings (SSSR count). The number of aryl methyl sites for hydroxylation is 1. The number of nitrogens with two attached hydrogens (primary N) is 1. The van der Waals surface area contributed by atoms with Crippen LogP contribution in [0.4, 0.5) is 11.4 Å². The molecule has 0 atom stereocenters. The second-order valence-corrected chi connectivity index (χ2v) is 4.32. The molecule has 0 saturated heterocycles. The van der Waals surface area contributed by atoms with Gasteiger partial charge in [0, 0.05) is 18.6 Å². The van der Waals surface area contributed by atoms with E-state index in [9.17, 15) is 9.59 Å². The van der Waals surface area contributed by atoms with Crippen LogP contribution >= 0.6 is 0 Å². The zero-order valence-electron chi connectivity index (χ0n) is 11.6. The van der Waals surface area contributed by atoms with Gasteiger partial charge in [0.15, 0.2) is 0 Å². The summed E-state index contributed by atoms with van der Waals surface area (Å²) in [7, 11) is 1.46. The van der Waals surface area contributed by atoms with Crippen molar-refractivity contribution in [2.45, 2.75) is 13.0 Å². The molecular weight excluding hydrogens is 272 g/mol. The van der Waals surface area contributed by atoms with E-state index in [1.165, 1.54) is 23.9 Å². The van der Waals surface area contributed by atoms with Crippen molar-refractivity contribution in [2.75, 3.05) is 18.2 Å². The van der Waals surface area contributed by atoms with E-state index in [-0.39, 0.29) is 24.4 Å². The van der Waals surface area contributed by atoms with Crippen LogP contribution < -0.4 is 21.3 Å². The quantitative estimate of drug-likeness (QED) is 0.795. The summed E-state index contributed by atoms with van der Waals surface area (Å²) in [4.78, 5) is 23.5. The Kier molecular flexibility index (Phi) is 4.55. The lowest BCUT2D eigenvalue weighted by atomic mass is 10.2. The van der Waals surface area contributed by atoms with Gasteiger partial charge in [-0.15, -0.1) is 5.10 Å². The molecule has 1 heterocycles. The fourth-order valence-corrected chi connectivity index (χ4v) is 1.73. The first kappa shape index (κ1) is 14.6. The number of anilines is 2. The molecule has 1 amide bonds. The summed E-state index contributed by atoms with van der Waals surface area (Å²) in [6.45, 7) is 0.161. The third-order valence-corrected chi connectivity index (χ3v) is 2.84. The number of hydrogen-bond donors (Lipinski definition) is 2. The average molecular weight is 288 g/mol. The van der Waals surface area contributed by atoms with Crippen LogP contribution in [-0.2, 0) is 11.3 Å². The molecule has 0 aliphatic rings. The van der Waals surface area contributed by atoms with Crippen LogP contribution in [0.3, 0.4) is 0 Å². The highest BCUT2D eigenvalue weighted by atomic mass is 16.5. The molecule has 0 radical (unpaired) electrons. The molecule has 1 aromatic carbocycles. The summed E-state index contributed by atoms with van der Waals surface area (Å²) in [6.07, 6.45) is 0.106. The minimum absolute atomic E-state index is 0.106. The van der Waals surface area contributed by atoms with Gasteiger partial charge in [0.1, 0.15) is 0 Å². The highest BCUT2D eigenvalue weighted by Gasteiger charge is 2.07. The van der Waals surface area contributed by atoms with Crippen molar-refractivity contribution in [1.29, 1.82) is 0 Å². The minimum atomic E-state index is -0.289. The molecule has 0 aliphatic heterocycles. The normalized spacial score (nSPS) is 10.1. The first-order chi connectivity index (χ1) is 10.1. The predicted octanol–water partition coefficient (Wildman–Crippen LogP) is 0.863. The summed E-state index contributed by atoms with van der Waals surface area (Å²) >= 11 is 0. The van der Waals surface area contributed by atoms with Gasteiger partial charge in [-0.3, -0.25) is 9.59 Å². The highest BCUT2D eigenvalue weighted by molar-refractivity contribution is 5.93. The molecule has 0 spiro atoms. The van der Waals surface area contributed by atoms with Crippen LogP contribution in [0.2, 0.25) is 0 Å². The monoisotopic (exact) mass is 288 g/mol. The number of methoxy groups -OCH3 is 1. The third-order valence-electron chi connectivity index (χ3n) is 2.84. The van der Waals surface area contributed by atoms with E-state index in [0.717, 1.165) is 0 Å². The number of nitrogens with zero attached hydrogens (tertiary/aromatic N) is 2. The van der Waals surface area contributed by atoms with Gasteiger partial charge in [0.2, 0.25) is 11.8 Å². The summed E-state index contributed by atoms with van der Waals surface area (Å²) < 4.78 is 6.13. The maximum atomic E-state index is 11.9. The number of nitrogen functional groups attached to an aromatic ring is 1. The van der Waals surface area contributed by atoms with Gasteiger partial charge in [-0.1, -0.05) is 12.1 Å². The van der Waals surface area contributed by atoms with Crippen LogP contribution in [0.25, 0.3) is 0 Å². The number of carbonyl (C=O) groups is 1. The van der Waals surface area contributed by atoms with Gasteiger partial charge in [-0.2, -0.15) is 0 Å². The Morgan fingerprint density at radius 2 is 2.10 bits per heavy atom. The number of nitrogens with one attached hydrogen (secondary N) is 1. The first-order valence-corrected chi connectivity index (χ1v) is 6.36. The summed E-state index contributed by atoms with van der Waals surface area (Å²) in [6, 6.07) is 9.79. The minimum Gasteiger partial charge on any atom is -0.480 e. The molecule has 110 valence electrons. The van der Waals surface area contributed by atoms with Crippen molar-refractivity contribution in [3.8, 4) is 5.88 Å². The van der Waals surface area contributed by atoms with E-state index >= 15 is 0 Å². The maximum Gasteiger partial charge on any atom is 0.266 e. The van der Waals surface area contributed by atoms with E-state index in [1.54, 1.807) is 24.3 Å². The fraction of sp³-hybridized carbons (Fsp3) is 0.214. The van der Waals surface area contributed by atoms with Crippen LogP contribution in [-0.4, -0.2) is 22.8 Å². The Hall–Kier alpha value is -2.83. The summed E-state index contributed by atoms with van der Waals surface area (Å²) in [5.74, 6) is 0.0757. The Morgan fingerprint density at radius 1 is 1.33 bits per heavy atom. The van der Waals surface area contributed by atoms with Crippen molar-refractivity contribution in [2.24, 2.45) is 0 Å². The van der Waals surface area contributed by atoms with E-state index in [2.05, 4.69) is 10.4 Å². The molecule has 0 aliphatic carbocycles. The lowest BCUT2D eigenvalue weighted by Gasteiger charge is -2.09. The number of para-hydroxylation sites is 2. The second-order valence-electron chi connectivity index (χ2n) is 4.32. The zero-order chi connectivity index (χ0) is 15.2. The molecule has 21 heavy (non-hydrogen) atoms. The van der Waals surface area contributed by atoms with Crippen molar-refractivity contribution in [3.05, 3.63) is 46.8 Å². The SMILES string of the molecule is COc1ccc(=O)n(CCC(=O)Nc2ccccc2N)n1. The van der Waals surface area contributed by atoms with Crippen molar-refractivity contribution >= 4 is 17.3 Å². The van der Waals surface area contributed by atoms with Gasteiger partial charge < -0.3 is 15.8 Å². The zero-order valence-corrected chi connectivity index (χ0v) is 11.6. The standard InChI is InChI=1S/C14H16N4O3/c1-21-13-6-7-14(20)18(17-13)9-8-12(19)16-11-5-3-2-4-10(11)15/h2-7H,8-9,15H2,1H3,(H,16,19). The maximum absolute atomic E-state index is 11.9. The van der Waals surface area contributed by atoms with Gasteiger partial charge >= 0.3 is 0 Å². The Bertz CT molecular complexity index is 697. The lowest BCUT2D eigenvalue weighted by molar-refractivity contribution is -0.116. The van der Waals surface area contributed by atoms with Crippen molar-refractivity contribution in [3.63, 3.8) is 0 Å². The molecule has 3 N–H and O–H groups in total. The Balaban J connectivity index is 1.98. The van der Waals surface area contributed by atoms with Gasteiger partial charge in [0.05, 0.1) is 25.0 Å². The lowest BCUT2D eigenvalue weighted by Crippen LogP contribution is -2.25. The number of aromatic nitrogens is 2. The topological polar surface area (TPSA) is 99.2 Å². The molecule has 0 bridgehead atoms. The van der Waals surface area contributed by atoms with E-state index in [0.29, 0.717) is 17.3 Å². The van der Waals surface area contributed by atoms with Crippen LogP contribution in [0.5, 0.6) is 5.88 Å². The molecule has 1 aromatic heterocycles. The van der Waals surface area contributed by atoms with Gasteiger partial charge in [0.25, 0.3) is 5.56 Å².